The van der Waals surface area contributed by atoms with Gasteiger partial charge in [-0.25, -0.2) is 9.18 Å². The van der Waals surface area contributed by atoms with Crippen molar-refractivity contribution in [3.05, 3.63) is 94.6 Å². The van der Waals surface area contributed by atoms with E-state index < -0.39 is 11.8 Å². The maximum Gasteiger partial charge on any atom is 0.343 e. The SMILES string of the molecule is COc1cc(/C=C2\SC(=S)N(c3ccccc3)C2=O)ccc1OC(=O)c1ccc(F)cc1. The van der Waals surface area contributed by atoms with E-state index in [-0.39, 0.29) is 17.2 Å². The lowest BCUT2D eigenvalue weighted by atomic mass is 10.1. The average molecular weight is 466 g/mol. The first-order valence-corrected chi connectivity index (χ1v) is 10.7. The number of methoxy groups -OCH3 is 1. The van der Waals surface area contributed by atoms with Crippen LogP contribution in [0.15, 0.2) is 77.7 Å². The van der Waals surface area contributed by atoms with Gasteiger partial charge < -0.3 is 9.47 Å². The second-order valence-electron chi connectivity index (χ2n) is 6.66. The maximum atomic E-state index is 13.1. The van der Waals surface area contributed by atoms with E-state index in [4.69, 9.17) is 21.7 Å². The molecule has 0 aliphatic carbocycles. The van der Waals surface area contributed by atoms with Crippen LogP contribution in [0.3, 0.4) is 0 Å². The number of thioether (sulfide) groups is 1. The van der Waals surface area contributed by atoms with Crippen molar-refractivity contribution in [3.8, 4) is 11.5 Å². The Morgan fingerprint density at radius 2 is 1.75 bits per heavy atom. The molecule has 3 aromatic carbocycles. The number of carbonyl (C=O) groups excluding carboxylic acids is 2. The van der Waals surface area contributed by atoms with Crippen molar-refractivity contribution in [1.29, 1.82) is 0 Å². The van der Waals surface area contributed by atoms with Crippen LogP contribution in [0.4, 0.5) is 10.1 Å². The van der Waals surface area contributed by atoms with E-state index in [1.54, 1.807) is 24.3 Å². The van der Waals surface area contributed by atoms with Gasteiger partial charge in [-0.15, -0.1) is 0 Å². The minimum atomic E-state index is -0.639. The van der Waals surface area contributed by atoms with E-state index in [1.807, 2.05) is 30.3 Å². The molecular formula is C24H16FNO4S2. The molecule has 1 amide bonds. The summed E-state index contributed by atoms with van der Waals surface area (Å²) in [6.45, 7) is 0. The fourth-order valence-corrected chi connectivity index (χ4v) is 4.32. The van der Waals surface area contributed by atoms with Gasteiger partial charge >= 0.3 is 5.97 Å². The number of para-hydroxylation sites is 1. The number of thiocarbonyl (C=S) groups is 1. The molecule has 0 atom stereocenters. The number of hydrogen-bond donors (Lipinski definition) is 0. The maximum absolute atomic E-state index is 13.1. The van der Waals surface area contributed by atoms with Gasteiger partial charge in [-0.1, -0.05) is 48.2 Å². The summed E-state index contributed by atoms with van der Waals surface area (Å²) in [6, 6.07) is 19.2. The van der Waals surface area contributed by atoms with Gasteiger partial charge in [0.05, 0.1) is 23.3 Å². The molecule has 1 heterocycles. The molecule has 0 spiro atoms. The molecule has 8 heteroatoms. The third-order valence-corrected chi connectivity index (χ3v) is 5.88. The quantitative estimate of drug-likeness (QED) is 0.216. The van der Waals surface area contributed by atoms with E-state index in [2.05, 4.69) is 0 Å². The number of nitrogens with zero attached hydrogens (tertiary/aromatic N) is 1. The topological polar surface area (TPSA) is 55.8 Å². The van der Waals surface area contributed by atoms with Crippen molar-refractivity contribution in [3.63, 3.8) is 0 Å². The molecule has 160 valence electrons. The number of hydrogen-bond acceptors (Lipinski definition) is 6. The standard InChI is InChI=1S/C24H16FNO4S2/c1-29-20-13-15(7-12-19(20)30-23(28)16-8-10-17(25)11-9-16)14-21-22(27)26(24(31)32-21)18-5-3-2-4-6-18/h2-14H,1H3/b21-14-. The highest BCUT2D eigenvalue weighted by Crippen LogP contribution is 2.37. The van der Waals surface area contributed by atoms with Gasteiger partial charge in [0.15, 0.2) is 15.8 Å². The summed E-state index contributed by atoms with van der Waals surface area (Å²) >= 11 is 6.60. The van der Waals surface area contributed by atoms with E-state index in [0.717, 1.165) is 0 Å². The summed E-state index contributed by atoms with van der Waals surface area (Å²) in [7, 11) is 1.45. The zero-order valence-electron chi connectivity index (χ0n) is 16.8. The van der Waals surface area contributed by atoms with Crippen LogP contribution >= 0.6 is 24.0 Å². The van der Waals surface area contributed by atoms with Crippen LogP contribution < -0.4 is 14.4 Å². The summed E-state index contributed by atoms with van der Waals surface area (Å²) in [6.07, 6.45) is 1.70. The molecule has 0 aromatic heterocycles. The Morgan fingerprint density at radius 3 is 2.44 bits per heavy atom. The number of halogens is 1. The number of ether oxygens (including phenoxy) is 2. The predicted octanol–water partition coefficient (Wildman–Crippen LogP) is 5.46. The number of amides is 1. The molecule has 0 bridgehead atoms. The van der Waals surface area contributed by atoms with Gasteiger partial charge in [0.2, 0.25) is 0 Å². The van der Waals surface area contributed by atoms with Crippen molar-refractivity contribution in [1.82, 2.24) is 0 Å². The van der Waals surface area contributed by atoms with Gasteiger partial charge in [-0.3, -0.25) is 9.69 Å². The van der Waals surface area contributed by atoms with Gasteiger partial charge in [-0.2, -0.15) is 0 Å². The van der Waals surface area contributed by atoms with Gasteiger partial charge in [-0.05, 0) is 60.2 Å². The Morgan fingerprint density at radius 1 is 1.03 bits per heavy atom. The van der Waals surface area contributed by atoms with Gasteiger partial charge in [0.1, 0.15) is 5.82 Å². The smallest absolute Gasteiger partial charge is 0.343 e. The number of rotatable bonds is 5. The summed E-state index contributed by atoms with van der Waals surface area (Å²) in [5.74, 6) is -0.776. The van der Waals surface area contributed by atoms with Crippen LogP contribution in [-0.2, 0) is 4.79 Å². The molecule has 1 aliphatic heterocycles. The van der Waals surface area contributed by atoms with Crippen LogP contribution in [0.25, 0.3) is 6.08 Å². The number of esters is 1. The van der Waals surface area contributed by atoms with Crippen molar-refractivity contribution in [2.45, 2.75) is 0 Å². The van der Waals surface area contributed by atoms with E-state index in [1.165, 1.54) is 48.0 Å². The Kier molecular flexibility index (Phi) is 6.34. The Bertz CT molecular complexity index is 1230. The molecular weight excluding hydrogens is 449 g/mol. The van der Waals surface area contributed by atoms with E-state index in [9.17, 15) is 14.0 Å². The fraction of sp³-hybridized carbons (Fsp3) is 0.0417. The zero-order chi connectivity index (χ0) is 22.7. The Balaban J connectivity index is 1.56. The van der Waals surface area contributed by atoms with Crippen molar-refractivity contribution < 1.29 is 23.5 Å². The molecule has 3 aromatic rings. The highest BCUT2D eigenvalue weighted by atomic mass is 32.2. The average Bonchev–Trinajstić information content (AvgIpc) is 3.08. The lowest BCUT2D eigenvalue weighted by Gasteiger charge is -2.13. The van der Waals surface area contributed by atoms with Crippen molar-refractivity contribution in [2.75, 3.05) is 12.0 Å². The highest BCUT2D eigenvalue weighted by molar-refractivity contribution is 8.27. The number of carbonyl (C=O) groups is 2. The van der Waals surface area contributed by atoms with E-state index >= 15 is 0 Å². The first kappa shape index (κ1) is 21.7. The van der Waals surface area contributed by atoms with Crippen LogP contribution in [0, 0.1) is 5.82 Å². The van der Waals surface area contributed by atoms with Crippen molar-refractivity contribution in [2.24, 2.45) is 0 Å². The lowest BCUT2D eigenvalue weighted by Crippen LogP contribution is -2.27. The van der Waals surface area contributed by atoms with Gasteiger partial charge in [0, 0.05) is 0 Å². The summed E-state index contributed by atoms with van der Waals surface area (Å²) in [5.41, 5.74) is 1.60. The van der Waals surface area contributed by atoms with Gasteiger partial charge in [0.25, 0.3) is 5.91 Å². The highest BCUT2D eigenvalue weighted by Gasteiger charge is 2.33. The molecule has 0 radical (unpaired) electrons. The second-order valence-corrected chi connectivity index (χ2v) is 8.34. The monoisotopic (exact) mass is 465 g/mol. The third-order valence-electron chi connectivity index (χ3n) is 4.58. The molecule has 0 N–H and O–H groups in total. The minimum absolute atomic E-state index is 0.204. The minimum Gasteiger partial charge on any atom is -0.493 e. The van der Waals surface area contributed by atoms with Crippen LogP contribution in [0.2, 0.25) is 0 Å². The molecule has 32 heavy (non-hydrogen) atoms. The summed E-state index contributed by atoms with van der Waals surface area (Å²) in [4.78, 5) is 27.2. The normalized spacial score (nSPS) is 14.7. The Hall–Kier alpha value is -3.49. The predicted molar refractivity (Wildman–Crippen MR) is 126 cm³/mol. The summed E-state index contributed by atoms with van der Waals surface area (Å²) in [5, 5.41) is 0. The molecule has 5 nitrogen and oxygen atoms in total. The molecule has 1 saturated heterocycles. The van der Waals surface area contributed by atoms with Crippen LogP contribution in [-0.4, -0.2) is 23.3 Å². The fourth-order valence-electron chi connectivity index (χ4n) is 3.02. The van der Waals surface area contributed by atoms with Crippen molar-refractivity contribution >= 4 is 51.9 Å². The number of anilines is 1. The van der Waals surface area contributed by atoms with Crippen LogP contribution in [0.1, 0.15) is 15.9 Å². The molecule has 1 aliphatic rings. The molecule has 0 saturated carbocycles. The lowest BCUT2D eigenvalue weighted by molar-refractivity contribution is -0.113. The second kappa shape index (κ2) is 9.33. The first-order chi connectivity index (χ1) is 15.5. The third kappa shape index (κ3) is 4.56. The Labute approximate surface area is 193 Å². The molecule has 1 fully saturated rings. The zero-order valence-corrected chi connectivity index (χ0v) is 18.4. The molecule has 0 unspecified atom stereocenters. The number of benzene rings is 3. The first-order valence-electron chi connectivity index (χ1n) is 9.45. The summed E-state index contributed by atoms with van der Waals surface area (Å²) < 4.78 is 24.3. The van der Waals surface area contributed by atoms with E-state index in [0.29, 0.717) is 26.2 Å². The molecule has 4 rings (SSSR count). The largest absolute Gasteiger partial charge is 0.493 e. The van der Waals surface area contributed by atoms with Crippen LogP contribution in [0.5, 0.6) is 11.5 Å².